The number of aromatic nitrogens is 1. The van der Waals surface area contributed by atoms with E-state index in [0.29, 0.717) is 14.5 Å². The van der Waals surface area contributed by atoms with Gasteiger partial charge in [0.05, 0.1) is 0 Å². The Morgan fingerprint density at radius 1 is 0.905 bits per heavy atom. The number of hydrogen-bond acceptors (Lipinski definition) is 0. The Balaban J connectivity index is 2.17. The molecule has 0 unspecified atom stereocenters. The zero-order chi connectivity index (χ0) is 14.4. The van der Waals surface area contributed by atoms with Crippen molar-refractivity contribution in [1.29, 1.82) is 0 Å². The molecule has 2 aromatic heterocycles. The first-order valence-electron chi connectivity index (χ1n) is 7.10. The van der Waals surface area contributed by atoms with Gasteiger partial charge in [-0.15, -0.1) is 0 Å². The molecule has 0 amide bonds. The summed E-state index contributed by atoms with van der Waals surface area (Å²) in [5, 5.41) is 4.17. The van der Waals surface area contributed by atoms with E-state index in [1.807, 2.05) is 0 Å². The number of fused-ring (bicyclic) bond motifs is 3. The Kier molecular flexibility index (Phi) is 2.95. The predicted octanol–water partition coefficient (Wildman–Crippen LogP) is 3.85. The van der Waals surface area contributed by atoms with E-state index in [0.717, 1.165) is 0 Å². The Morgan fingerprint density at radius 3 is 2.62 bits per heavy atom. The van der Waals surface area contributed by atoms with Gasteiger partial charge in [0.15, 0.2) is 0 Å². The number of benzene rings is 2. The molecule has 0 aliphatic rings. The molecule has 4 aromatic rings. The third kappa shape index (κ3) is 1.95. The molecule has 21 heavy (non-hydrogen) atoms. The molecule has 0 aliphatic heterocycles. The Morgan fingerprint density at radius 2 is 1.76 bits per heavy atom. The second kappa shape index (κ2) is 4.84. The van der Waals surface area contributed by atoms with Gasteiger partial charge in [-0.3, -0.25) is 0 Å². The fourth-order valence-corrected chi connectivity index (χ4v) is 5.00. The second-order valence-corrected chi connectivity index (χ2v) is 7.38. The quantitative estimate of drug-likeness (QED) is 0.367. The van der Waals surface area contributed by atoms with Crippen LogP contribution in [0.3, 0.4) is 0 Å². The standard InChI is InChI=1S/C19H16NSe/c1-13-5-3-4-6-15(13)18-16-8-7-14-10-12-21-19(14)17(16)9-11-20(18)2/h3-12H,1-2H3/q+1. The summed E-state index contributed by atoms with van der Waals surface area (Å²) in [6.07, 6.45) is 2.19. The van der Waals surface area contributed by atoms with Crippen molar-refractivity contribution in [1.82, 2.24) is 0 Å². The Labute approximate surface area is 130 Å². The monoisotopic (exact) mass is 338 g/mol. The predicted molar refractivity (Wildman–Crippen MR) is 89.7 cm³/mol. The van der Waals surface area contributed by atoms with Crippen LogP contribution in [0.5, 0.6) is 0 Å². The first-order chi connectivity index (χ1) is 10.3. The number of rotatable bonds is 1. The van der Waals surface area contributed by atoms with Crippen LogP contribution >= 0.6 is 0 Å². The van der Waals surface area contributed by atoms with Crippen LogP contribution in [-0.2, 0) is 7.05 Å². The summed E-state index contributed by atoms with van der Waals surface area (Å²) in [7, 11) is 2.14. The summed E-state index contributed by atoms with van der Waals surface area (Å²) < 4.78 is 3.77. The van der Waals surface area contributed by atoms with Crippen LogP contribution in [0.15, 0.2) is 59.7 Å². The van der Waals surface area contributed by atoms with Gasteiger partial charge in [-0.1, -0.05) is 0 Å². The Hall–Kier alpha value is -1.89. The summed E-state index contributed by atoms with van der Waals surface area (Å²) in [6.45, 7) is 2.19. The van der Waals surface area contributed by atoms with Crippen molar-refractivity contribution in [3.63, 3.8) is 0 Å². The van der Waals surface area contributed by atoms with Gasteiger partial charge in [-0.2, -0.15) is 0 Å². The van der Waals surface area contributed by atoms with Gasteiger partial charge in [-0.25, -0.2) is 0 Å². The van der Waals surface area contributed by atoms with E-state index in [1.165, 1.54) is 37.2 Å². The molecule has 4 rings (SSSR count). The molecule has 0 saturated carbocycles. The summed E-state index contributed by atoms with van der Waals surface area (Å²) in [5.41, 5.74) is 3.96. The molecular weight excluding hydrogens is 321 g/mol. The molecule has 2 heteroatoms. The molecule has 0 saturated heterocycles. The van der Waals surface area contributed by atoms with Crippen LogP contribution in [0, 0.1) is 6.92 Å². The first kappa shape index (κ1) is 12.8. The van der Waals surface area contributed by atoms with E-state index < -0.39 is 0 Å². The minimum atomic E-state index is 0.470. The van der Waals surface area contributed by atoms with E-state index in [1.54, 1.807) is 0 Å². The van der Waals surface area contributed by atoms with Gasteiger partial charge in [-0.05, 0) is 0 Å². The molecule has 0 bridgehead atoms. The van der Waals surface area contributed by atoms with E-state index in [4.69, 9.17) is 0 Å². The molecule has 102 valence electrons. The van der Waals surface area contributed by atoms with Gasteiger partial charge in [0.2, 0.25) is 0 Å². The summed E-state index contributed by atoms with van der Waals surface area (Å²) >= 11 is 0.470. The summed E-state index contributed by atoms with van der Waals surface area (Å²) in [4.78, 5) is 2.32. The second-order valence-electron chi connectivity index (χ2n) is 5.46. The zero-order valence-corrected chi connectivity index (χ0v) is 13.8. The zero-order valence-electron chi connectivity index (χ0n) is 12.1. The van der Waals surface area contributed by atoms with Crippen LogP contribution < -0.4 is 4.57 Å². The van der Waals surface area contributed by atoms with Crippen LogP contribution in [0.25, 0.3) is 31.7 Å². The van der Waals surface area contributed by atoms with Crippen molar-refractivity contribution in [3.8, 4) is 11.3 Å². The minimum absolute atomic E-state index is 0.470. The van der Waals surface area contributed by atoms with Gasteiger partial charge >= 0.3 is 130 Å². The molecular formula is C19H16NSe+. The molecule has 1 nitrogen and oxygen atoms in total. The number of aryl methyl sites for hydroxylation is 2. The van der Waals surface area contributed by atoms with E-state index in [2.05, 4.69) is 78.2 Å². The van der Waals surface area contributed by atoms with Crippen LogP contribution in [0.4, 0.5) is 0 Å². The summed E-state index contributed by atoms with van der Waals surface area (Å²) in [6, 6.07) is 17.7. The maximum absolute atomic E-state index is 2.32. The number of hydrogen-bond donors (Lipinski definition) is 0. The van der Waals surface area contributed by atoms with Crippen molar-refractivity contribution in [2.45, 2.75) is 6.92 Å². The van der Waals surface area contributed by atoms with Gasteiger partial charge in [0, 0.05) is 0 Å². The van der Waals surface area contributed by atoms with Crippen molar-refractivity contribution in [2.24, 2.45) is 7.05 Å². The van der Waals surface area contributed by atoms with Crippen molar-refractivity contribution < 1.29 is 4.57 Å². The fourth-order valence-electron chi connectivity index (χ4n) is 3.05. The van der Waals surface area contributed by atoms with Crippen LogP contribution in [-0.4, -0.2) is 14.5 Å². The topological polar surface area (TPSA) is 3.88 Å². The average molecular weight is 337 g/mol. The third-order valence-corrected chi connectivity index (χ3v) is 6.15. The van der Waals surface area contributed by atoms with E-state index >= 15 is 0 Å². The number of nitrogens with zero attached hydrogens (tertiary/aromatic N) is 1. The molecule has 0 N–H and O–H groups in total. The summed E-state index contributed by atoms with van der Waals surface area (Å²) in [5.74, 6) is 0. The van der Waals surface area contributed by atoms with Crippen molar-refractivity contribution in [2.75, 3.05) is 0 Å². The SMILES string of the molecule is Cc1ccccc1-c1c2ccc3cc[se]c3c2cc[n+]1C. The molecule has 0 fully saturated rings. The average Bonchev–Trinajstić information content (AvgIpc) is 2.97. The van der Waals surface area contributed by atoms with Gasteiger partial charge < -0.3 is 0 Å². The normalized spacial score (nSPS) is 11.3. The van der Waals surface area contributed by atoms with E-state index in [9.17, 15) is 0 Å². The van der Waals surface area contributed by atoms with Gasteiger partial charge in [0.1, 0.15) is 0 Å². The Bertz CT molecular complexity index is 966. The van der Waals surface area contributed by atoms with Crippen LogP contribution in [0.2, 0.25) is 0 Å². The molecule has 0 spiro atoms. The molecule has 2 heterocycles. The first-order valence-corrected chi connectivity index (χ1v) is 8.95. The van der Waals surface area contributed by atoms with Gasteiger partial charge in [0.25, 0.3) is 0 Å². The van der Waals surface area contributed by atoms with E-state index in [-0.39, 0.29) is 0 Å². The van der Waals surface area contributed by atoms with Crippen molar-refractivity contribution >= 4 is 34.9 Å². The fraction of sp³-hybridized carbons (Fsp3) is 0.105. The third-order valence-electron chi connectivity index (χ3n) is 4.13. The molecule has 2 aromatic carbocycles. The number of pyridine rings is 1. The van der Waals surface area contributed by atoms with Crippen LogP contribution in [0.1, 0.15) is 5.56 Å². The molecule has 0 radical (unpaired) electrons. The molecule has 0 aliphatic carbocycles. The molecule has 0 atom stereocenters. The maximum atomic E-state index is 2.32. The van der Waals surface area contributed by atoms with Crippen molar-refractivity contribution in [3.05, 3.63) is 65.2 Å².